The van der Waals surface area contributed by atoms with Crippen LogP contribution < -0.4 is 10.9 Å². The molecule has 1 saturated carbocycles. The lowest BCUT2D eigenvalue weighted by molar-refractivity contribution is -0.118. The molecule has 0 atom stereocenters. The second-order valence-corrected chi connectivity index (χ2v) is 5.73. The smallest absolute Gasteiger partial charge is 0.258 e. The van der Waals surface area contributed by atoms with E-state index in [0.717, 1.165) is 31.7 Å². The first-order valence-corrected chi connectivity index (χ1v) is 7.82. The molecule has 1 amide bonds. The molecule has 1 aliphatic carbocycles. The maximum absolute atomic E-state index is 12.1. The minimum atomic E-state index is -0.289. The Morgan fingerprint density at radius 2 is 2.25 bits per heavy atom. The monoisotopic (exact) mass is 297 g/mol. The molecule has 2 rings (SSSR count). The number of aromatic hydroxyl groups is 1. The van der Waals surface area contributed by atoms with Crippen molar-refractivity contribution in [2.75, 3.05) is 12.3 Å². The normalized spacial score (nSPS) is 15.4. The van der Waals surface area contributed by atoms with Gasteiger partial charge >= 0.3 is 0 Å². The molecule has 2 N–H and O–H groups in total. The highest BCUT2D eigenvalue weighted by molar-refractivity contribution is 7.99. The molecule has 1 aliphatic rings. The van der Waals surface area contributed by atoms with Crippen LogP contribution in [0.1, 0.15) is 38.6 Å². The Balaban J connectivity index is 2.21. The zero-order chi connectivity index (χ0) is 14.5. The van der Waals surface area contributed by atoms with Gasteiger partial charge in [0.15, 0.2) is 5.16 Å². The molecule has 0 aliphatic heterocycles. The van der Waals surface area contributed by atoms with E-state index >= 15 is 0 Å². The highest BCUT2D eigenvalue weighted by Crippen LogP contribution is 2.31. The van der Waals surface area contributed by atoms with E-state index < -0.39 is 0 Å². The van der Waals surface area contributed by atoms with Gasteiger partial charge in [-0.15, -0.1) is 0 Å². The van der Waals surface area contributed by atoms with Gasteiger partial charge in [-0.2, -0.15) is 4.98 Å². The summed E-state index contributed by atoms with van der Waals surface area (Å²) in [6.45, 7) is 2.42. The van der Waals surface area contributed by atoms with E-state index in [1.807, 2.05) is 6.92 Å². The number of rotatable bonds is 5. The highest BCUT2D eigenvalue weighted by atomic mass is 32.2. The van der Waals surface area contributed by atoms with Crippen LogP contribution >= 0.6 is 11.8 Å². The van der Waals surface area contributed by atoms with Crippen LogP contribution in [0.5, 0.6) is 5.88 Å². The van der Waals surface area contributed by atoms with Crippen LogP contribution in [0.4, 0.5) is 0 Å². The Morgan fingerprint density at radius 1 is 1.55 bits per heavy atom. The van der Waals surface area contributed by atoms with Crippen molar-refractivity contribution >= 4 is 17.7 Å². The summed E-state index contributed by atoms with van der Waals surface area (Å²) in [5.41, 5.74) is -0.247. The molecular weight excluding hydrogens is 278 g/mol. The van der Waals surface area contributed by atoms with Crippen LogP contribution in [-0.2, 0) is 4.79 Å². The Morgan fingerprint density at radius 3 is 2.90 bits per heavy atom. The SMILES string of the molecule is CCNC(=O)CSc1nc(O)cc(=O)n1C1CCCC1. The van der Waals surface area contributed by atoms with Crippen molar-refractivity contribution in [1.82, 2.24) is 14.9 Å². The molecule has 1 fully saturated rings. The van der Waals surface area contributed by atoms with E-state index in [0.29, 0.717) is 11.7 Å². The van der Waals surface area contributed by atoms with E-state index in [4.69, 9.17) is 0 Å². The molecule has 20 heavy (non-hydrogen) atoms. The molecule has 110 valence electrons. The number of carbonyl (C=O) groups is 1. The minimum absolute atomic E-state index is 0.104. The topological polar surface area (TPSA) is 84.2 Å². The van der Waals surface area contributed by atoms with Crippen LogP contribution in [0.15, 0.2) is 16.0 Å². The summed E-state index contributed by atoms with van der Waals surface area (Å²) in [5.74, 6) is -0.202. The van der Waals surface area contributed by atoms with Gasteiger partial charge in [0.2, 0.25) is 11.8 Å². The largest absolute Gasteiger partial charge is 0.493 e. The highest BCUT2D eigenvalue weighted by Gasteiger charge is 2.22. The third kappa shape index (κ3) is 3.53. The number of nitrogens with zero attached hydrogens (tertiary/aromatic N) is 2. The number of thioether (sulfide) groups is 1. The van der Waals surface area contributed by atoms with Crippen LogP contribution in [-0.4, -0.2) is 32.9 Å². The summed E-state index contributed by atoms with van der Waals surface area (Å²) in [7, 11) is 0. The van der Waals surface area contributed by atoms with Crippen LogP contribution in [0.3, 0.4) is 0 Å². The molecule has 1 heterocycles. The summed E-state index contributed by atoms with van der Waals surface area (Å²) in [4.78, 5) is 27.6. The van der Waals surface area contributed by atoms with Gasteiger partial charge < -0.3 is 10.4 Å². The maximum Gasteiger partial charge on any atom is 0.258 e. The summed E-state index contributed by atoms with van der Waals surface area (Å²) < 4.78 is 1.62. The molecule has 0 spiro atoms. The van der Waals surface area contributed by atoms with Crippen molar-refractivity contribution in [1.29, 1.82) is 0 Å². The van der Waals surface area contributed by atoms with Gasteiger partial charge in [-0.25, -0.2) is 0 Å². The average Bonchev–Trinajstić information content (AvgIpc) is 2.89. The summed E-state index contributed by atoms with van der Waals surface area (Å²) >= 11 is 1.19. The van der Waals surface area contributed by atoms with Gasteiger partial charge in [0.25, 0.3) is 5.56 Å². The molecule has 0 radical (unpaired) electrons. The number of amides is 1. The van der Waals surface area contributed by atoms with Gasteiger partial charge in [0.1, 0.15) is 0 Å². The van der Waals surface area contributed by atoms with E-state index in [2.05, 4.69) is 10.3 Å². The van der Waals surface area contributed by atoms with Crippen molar-refractivity contribution in [3.8, 4) is 5.88 Å². The minimum Gasteiger partial charge on any atom is -0.493 e. The van der Waals surface area contributed by atoms with Crippen molar-refractivity contribution in [3.05, 3.63) is 16.4 Å². The fourth-order valence-electron chi connectivity index (χ4n) is 2.44. The first-order chi connectivity index (χ1) is 9.61. The van der Waals surface area contributed by atoms with E-state index in [-0.39, 0.29) is 29.1 Å². The first kappa shape index (κ1) is 14.9. The molecule has 0 bridgehead atoms. The third-order valence-electron chi connectivity index (χ3n) is 3.30. The number of hydrogen-bond acceptors (Lipinski definition) is 5. The second kappa shape index (κ2) is 6.78. The lowest BCUT2D eigenvalue weighted by atomic mass is 10.2. The molecule has 7 heteroatoms. The molecule has 6 nitrogen and oxygen atoms in total. The summed E-state index contributed by atoms with van der Waals surface area (Å²) in [5, 5.41) is 12.6. The van der Waals surface area contributed by atoms with Crippen LogP contribution in [0.2, 0.25) is 0 Å². The maximum atomic E-state index is 12.1. The van der Waals surface area contributed by atoms with Crippen molar-refractivity contribution in [2.24, 2.45) is 0 Å². The zero-order valence-electron chi connectivity index (χ0n) is 11.5. The van der Waals surface area contributed by atoms with Gasteiger partial charge in [0.05, 0.1) is 11.8 Å². The molecule has 0 unspecified atom stereocenters. The standard InChI is InChI=1S/C13H19N3O3S/c1-2-14-11(18)8-20-13-15-10(17)7-12(19)16(13)9-5-3-4-6-9/h7,9,17H,2-6,8H2,1H3,(H,14,18). The molecule has 1 aromatic heterocycles. The van der Waals surface area contributed by atoms with Gasteiger partial charge in [-0.3, -0.25) is 14.2 Å². The third-order valence-corrected chi connectivity index (χ3v) is 4.26. The summed E-state index contributed by atoms with van der Waals surface area (Å²) in [6.07, 6.45) is 4.08. The predicted molar refractivity (Wildman–Crippen MR) is 77.1 cm³/mol. The first-order valence-electron chi connectivity index (χ1n) is 6.84. The number of nitrogens with one attached hydrogen (secondary N) is 1. The molecular formula is C13H19N3O3S. The summed E-state index contributed by atoms with van der Waals surface area (Å²) in [6, 6.07) is 1.27. The van der Waals surface area contributed by atoms with E-state index in [1.165, 1.54) is 11.8 Å². The van der Waals surface area contributed by atoms with Crippen molar-refractivity contribution in [3.63, 3.8) is 0 Å². The van der Waals surface area contributed by atoms with E-state index in [1.54, 1.807) is 4.57 Å². The Bertz CT molecular complexity index is 538. The number of aromatic nitrogens is 2. The molecule has 1 aromatic rings. The van der Waals surface area contributed by atoms with Gasteiger partial charge in [0, 0.05) is 12.6 Å². The average molecular weight is 297 g/mol. The van der Waals surface area contributed by atoms with E-state index in [9.17, 15) is 14.7 Å². The van der Waals surface area contributed by atoms with Crippen molar-refractivity contribution in [2.45, 2.75) is 43.8 Å². The van der Waals surface area contributed by atoms with Crippen LogP contribution in [0, 0.1) is 0 Å². The second-order valence-electron chi connectivity index (χ2n) is 4.79. The Hall–Kier alpha value is -1.50. The predicted octanol–water partition coefficient (Wildman–Crippen LogP) is 1.29. The fraction of sp³-hybridized carbons (Fsp3) is 0.615. The lowest BCUT2D eigenvalue weighted by Gasteiger charge is -2.17. The fourth-order valence-corrected chi connectivity index (χ4v) is 3.34. The Kier molecular flexibility index (Phi) is 5.05. The quantitative estimate of drug-likeness (QED) is 0.632. The zero-order valence-corrected chi connectivity index (χ0v) is 12.3. The van der Waals surface area contributed by atoms with Crippen molar-refractivity contribution < 1.29 is 9.90 Å². The number of hydrogen-bond donors (Lipinski definition) is 2. The van der Waals surface area contributed by atoms with Gasteiger partial charge in [-0.05, 0) is 19.8 Å². The lowest BCUT2D eigenvalue weighted by Crippen LogP contribution is -2.27. The molecule has 0 aromatic carbocycles. The molecule has 0 saturated heterocycles. The number of carbonyl (C=O) groups excluding carboxylic acids is 1. The van der Waals surface area contributed by atoms with Gasteiger partial charge in [-0.1, -0.05) is 24.6 Å². The Labute approximate surface area is 121 Å². The van der Waals surface area contributed by atoms with Crippen LogP contribution in [0.25, 0.3) is 0 Å².